The van der Waals surface area contributed by atoms with E-state index in [-0.39, 0.29) is 12.5 Å². The molecule has 3 heteroatoms. The number of rotatable bonds is 11. The number of thiol groups is 2. The van der Waals surface area contributed by atoms with Crippen molar-refractivity contribution in [2.75, 3.05) is 0 Å². The third-order valence-corrected chi connectivity index (χ3v) is 12.2. The first kappa shape index (κ1) is 41.6. The summed E-state index contributed by atoms with van der Waals surface area (Å²) in [6, 6.07) is 55.9. The zero-order valence-corrected chi connectivity index (χ0v) is 36.4. The van der Waals surface area contributed by atoms with Gasteiger partial charge in [0.05, 0.1) is 6.61 Å². The van der Waals surface area contributed by atoms with E-state index < -0.39 is 0 Å². The van der Waals surface area contributed by atoms with Crippen LogP contribution in [0.2, 0.25) is 0 Å². The maximum atomic E-state index is 9.85. The smallest absolute Gasteiger partial charge is 0.0681 e. The van der Waals surface area contributed by atoms with Gasteiger partial charge in [0.15, 0.2) is 0 Å². The van der Waals surface area contributed by atoms with Crippen molar-refractivity contribution in [1.29, 1.82) is 0 Å². The average molecular weight is 805 g/mol. The van der Waals surface area contributed by atoms with Gasteiger partial charge in [-0.15, -0.1) is 25.3 Å². The number of hydrogen-bond donors (Lipinski definition) is 3. The molecule has 1 N–H and O–H groups in total. The summed E-state index contributed by atoms with van der Waals surface area (Å²) in [5.41, 5.74) is 20.2. The highest BCUT2D eigenvalue weighted by atomic mass is 32.1. The molecule has 0 aliphatic heterocycles. The van der Waals surface area contributed by atoms with Gasteiger partial charge in [-0.3, -0.25) is 0 Å². The third-order valence-electron chi connectivity index (χ3n) is 11.6. The molecule has 0 amide bonds. The number of hydrogen-bond acceptors (Lipinski definition) is 3. The zero-order valence-electron chi connectivity index (χ0n) is 34.6. The van der Waals surface area contributed by atoms with E-state index in [4.69, 9.17) is 0 Å². The summed E-state index contributed by atoms with van der Waals surface area (Å²) in [4.78, 5) is 1.88. The van der Waals surface area contributed by atoms with E-state index >= 15 is 0 Å². The Hall–Kier alpha value is -5.58. The van der Waals surface area contributed by atoms with Crippen molar-refractivity contribution in [3.05, 3.63) is 237 Å². The fourth-order valence-electron chi connectivity index (χ4n) is 8.23. The summed E-state index contributed by atoms with van der Waals surface area (Å²) >= 11 is 9.27. The molecule has 1 nitrogen and oxygen atoms in total. The second-order valence-electron chi connectivity index (χ2n) is 15.4. The summed E-state index contributed by atoms with van der Waals surface area (Å²) in [6.45, 7) is 11.2. The van der Waals surface area contributed by atoms with Gasteiger partial charge in [0, 0.05) is 15.7 Å². The van der Waals surface area contributed by atoms with Crippen LogP contribution in [0.3, 0.4) is 0 Å². The van der Waals surface area contributed by atoms with Gasteiger partial charge in [-0.05, 0) is 154 Å². The Kier molecular flexibility index (Phi) is 13.4. The molecule has 0 spiro atoms. The minimum absolute atomic E-state index is 0.0175. The predicted molar refractivity (Wildman–Crippen MR) is 259 cm³/mol. The van der Waals surface area contributed by atoms with Gasteiger partial charge in [0.1, 0.15) is 0 Å². The maximum absolute atomic E-state index is 9.85. The van der Waals surface area contributed by atoms with E-state index in [0.29, 0.717) is 0 Å². The first-order valence-electron chi connectivity index (χ1n) is 20.3. The number of benzene rings is 6. The molecule has 59 heavy (non-hydrogen) atoms. The van der Waals surface area contributed by atoms with Crippen LogP contribution < -0.4 is 0 Å². The molecule has 0 fully saturated rings. The van der Waals surface area contributed by atoms with Gasteiger partial charge in [0.2, 0.25) is 0 Å². The fraction of sp³-hybridized carbons (Fsp3) is 0.143. The lowest BCUT2D eigenvalue weighted by molar-refractivity contribution is 0.282. The molecule has 0 saturated heterocycles. The van der Waals surface area contributed by atoms with Gasteiger partial charge in [-0.2, -0.15) is 0 Å². The molecule has 1 atom stereocenters. The Morgan fingerprint density at radius 1 is 0.492 bits per heavy atom. The van der Waals surface area contributed by atoms with Crippen molar-refractivity contribution < 1.29 is 5.11 Å². The summed E-state index contributed by atoms with van der Waals surface area (Å²) in [6.07, 6.45) is 8.07. The van der Waals surface area contributed by atoms with Crippen LogP contribution in [-0.4, -0.2) is 5.11 Å². The molecule has 0 saturated carbocycles. The molecule has 0 heterocycles. The molecule has 294 valence electrons. The number of aryl methyl sites for hydroxylation is 1. The maximum Gasteiger partial charge on any atom is 0.0681 e. The molecule has 0 aromatic heterocycles. The SMILES string of the molecule is C/C(=C(C1=CCC(C(=C(/C)c2ccc(S)cc2)/C(=C(\C)c2ccc(CO)cc2)c2ccccc2)C=C1)\C(=C(/C)c1ccc(C)cc1)c1ccccc1)c1ccc(S)cc1. The lowest BCUT2D eigenvalue weighted by Gasteiger charge is -2.29. The molecule has 7 rings (SSSR count). The summed E-state index contributed by atoms with van der Waals surface area (Å²) < 4.78 is 0. The van der Waals surface area contributed by atoms with Crippen molar-refractivity contribution in [2.45, 2.75) is 57.4 Å². The second kappa shape index (κ2) is 19.0. The van der Waals surface area contributed by atoms with Gasteiger partial charge >= 0.3 is 0 Å². The highest BCUT2D eigenvalue weighted by molar-refractivity contribution is 7.80. The normalized spacial score (nSPS) is 15.7. The first-order chi connectivity index (χ1) is 28.6. The van der Waals surface area contributed by atoms with E-state index in [2.05, 4.69) is 224 Å². The van der Waals surface area contributed by atoms with Crippen molar-refractivity contribution in [2.24, 2.45) is 5.92 Å². The first-order valence-corrected chi connectivity index (χ1v) is 21.2. The standard InChI is InChI=1S/C56H52OS2/c1-37-16-20-43(21-17-37)38(2)53(47-12-8-6-9-13-47)55(40(4)45-28-32-51(58)33-29-45)49-24-26-50(27-25-49)56(41(5)46-30-34-52(59)35-31-46)54(48-14-10-7-11-15-48)39(3)44-22-18-42(36-57)19-23-44/h6-26,28-35,50,57-59H,27,36H2,1-5H3/b53-38+,54-39+,55-40+,56-41+. The Morgan fingerprint density at radius 3 is 1.39 bits per heavy atom. The predicted octanol–water partition coefficient (Wildman–Crippen LogP) is 15.1. The molecular formula is C56H52OS2. The average Bonchev–Trinajstić information content (AvgIpc) is 3.28. The molecular weight excluding hydrogens is 753 g/mol. The van der Waals surface area contributed by atoms with Gasteiger partial charge < -0.3 is 5.11 Å². The van der Waals surface area contributed by atoms with Crippen molar-refractivity contribution >= 4 is 58.7 Å². The quantitative estimate of drug-likeness (QED) is 0.0677. The van der Waals surface area contributed by atoms with Crippen LogP contribution in [-0.2, 0) is 6.61 Å². The molecule has 6 aromatic rings. The van der Waals surface area contributed by atoms with E-state index in [0.717, 1.165) is 27.3 Å². The van der Waals surface area contributed by atoms with E-state index in [9.17, 15) is 5.11 Å². The number of aliphatic hydroxyl groups is 1. The zero-order chi connectivity index (χ0) is 41.5. The second-order valence-corrected chi connectivity index (χ2v) is 16.5. The topological polar surface area (TPSA) is 20.2 Å². The van der Waals surface area contributed by atoms with E-state index in [1.165, 1.54) is 83.5 Å². The van der Waals surface area contributed by atoms with Gasteiger partial charge in [-0.1, -0.05) is 157 Å². The minimum Gasteiger partial charge on any atom is -0.392 e. The van der Waals surface area contributed by atoms with Crippen LogP contribution in [0.5, 0.6) is 0 Å². The van der Waals surface area contributed by atoms with Gasteiger partial charge in [0.25, 0.3) is 0 Å². The molecule has 6 aromatic carbocycles. The Bertz CT molecular complexity index is 2600. The number of aliphatic hydroxyl groups excluding tert-OH is 1. The van der Waals surface area contributed by atoms with Crippen LogP contribution >= 0.6 is 25.3 Å². The minimum atomic E-state index is 0.0175. The van der Waals surface area contributed by atoms with Crippen LogP contribution in [0.1, 0.15) is 78.6 Å². The fourth-order valence-corrected chi connectivity index (χ4v) is 8.52. The van der Waals surface area contributed by atoms with E-state index in [1.54, 1.807) is 0 Å². The van der Waals surface area contributed by atoms with Crippen molar-refractivity contribution in [3.8, 4) is 0 Å². The van der Waals surface area contributed by atoms with Crippen LogP contribution in [0.25, 0.3) is 33.4 Å². The third kappa shape index (κ3) is 9.50. The van der Waals surface area contributed by atoms with Gasteiger partial charge in [-0.25, -0.2) is 0 Å². The Morgan fingerprint density at radius 2 is 0.915 bits per heavy atom. The summed E-state index contributed by atoms with van der Waals surface area (Å²) in [5, 5.41) is 9.85. The monoisotopic (exact) mass is 804 g/mol. The highest BCUT2D eigenvalue weighted by Crippen LogP contribution is 2.46. The molecule has 0 bridgehead atoms. The lowest BCUT2D eigenvalue weighted by Crippen LogP contribution is -2.11. The van der Waals surface area contributed by atoms with Crippen molar-refractivity contribution in [1.82, 2.24) is 0 Å². The van der Waals surface area contributed by atoms with Crippen LogP contribution in [0, 0.1) is 12.8 Å². The van der Waals surface area contributed by atoms with Crippen molar-refractivity contribution in [3.63, 3.8) is 0 Å². The molecule has 1 aliphatic rings. The largest absolute Gasteiger partial charge is 0.392 e. The Labute approximate surface area is 362 Å². The molecule has 1 unspecified atom stereocenters. The lowest BCUT2D eigenvalue weighted by atomic mass is 9.75. The Balaban J connectivity index is 1.44. The van der Waals surface area contributed by atoms with Crippen LogP contribution in [0.15, 0.2) is 202 Å². The summed E-state index contributed by atoms with van der Waals surface area (Å²) in [5.74, 6) is 0.0867. The molecule has 0 radical (unpaired) electrons. The van der Waals surface area contributed by atoms with Crippen LogP contribution in [0.4, 0.5) is 0 Å². The number of allylic oxidation sites excluding steroid dienone is 12. The molecule has 1 aliphatic carbocycles. The highest BCUT2D eigenvalue weighted by Gasteiger charge is 2.27. The van der Waals surface area contributed by atoms with E-state index in [1.807, 2.05) is 12.1 Å². The summed E-state index contributed by atoms with van der Waals surface area (Å²) in [7, 11) is 0.